The van der Waals surface area contributed by atoms with Crippen molar-refractivity contribution >= 4 is 11.8 Å². The quantitative estimate of drug-likeness (QED) is 0.876. The molecule has 1 aromatic rings. The maximum absolute atomic E-state index is 5.64. The van der Waals surface area contributed by atoms with Crippen molar-refractivity contribution in [1.29, 1.82) is 0 Å². The molecule has 2 N–H and O–H groups in total. The molecule has 0 atom stereocenters. The van der Waals surface area contributed by atoms with Gasteiger partial charge in [0, 0.05) is 22.6 Å². The predicted octanol–water partition coefficient (Wildman–Crippen LogP) is 3.19. The second-order valence-electron chi connectivity index (χ2n) is 4.75. The lowest BCUT2D eigenvalue weighted by molar-refractivity contribution is 0.411. The van der Waals surface area contributed by atoms with Crippen LogP contribution in [0.15, 0.2) is 18.2 Å². The third-order valence-electron chi connectivity index (χ3n) is 2.24. The van der Waals surface area contributed by atoms with Crippen molar-refractivity contribution in [3.05, 3.63) is 29.3 Å². The standard InChI is InChI=1S/C13H21NOS/c1-13(2,3)16-9-11-7-10(8-14)5-6-12(11)15-4/h5-7H,8-9,14H2,1-4H3. The molecule has 0 aliphatic carbocycles. The number of hydrogen-bond donors (Lipinski definition) is 1. The number of thioether (sulfide) groups is 1. The highest BCUT2D eigenvalue weighted by Gasteiger charge is 2.12. The van der Waals surface area contributed by atoms with Crippen LogP contribution in [-0.4, -0.2) is 11.9 Å². The lowest BCUT2D eigenvalue weighted by Crippen LogP contribution is -2.08. The van der Waals surface area contributed by atoms with Gasteiger partial charge >= 0.3 is 0 Å². The topological polar surface area (TPSA) is 35.2 Å². The van der Waals surface area contributed by atoms with Gasteiger partial charge in [0.25, 0.3) is 0 Å². The van der Waals surface area contributed by atoms with E-state index in [1.165, 1.54) is 5.56 Å². The second-order valence-corrected chi connectivity index (χ2v) is 6.55. The Morgan fingerprint density at radius 1 is 1.31 bits per heavy atom. The number of ether oxygens (including phenoxy) is 1. The lowest BCUT2D eigenvalue weighted by atomic mass is 10.1. The zero-order chi connectivity index (χ0) is 12.2. The fourth-order valence-corrected chi connectivity index (χ4v) is 2.18. The fraction of sp³-hybridized carbons (Fsp3) is 0.538. The molecule has 2 nitrogen and oxygen atoms in total. The average molecular weight is 239 g/mol. The van der Waals surface area contributed by atoms with E-state index in [1.807, 2.05) is 23.9 Å². The van der Waals surface area contributed by atoms with Crippen LogP contribution in [0, 0.1) is 0 Å². The summed E-state index contributed by atoms with van der Waals surface area (Å²) in [7, 11) is 1.71. The zero-order valence-corrected chi connectivity index (χ0v) is 11.4. The summed E-state index contributed by atoms with van der Waals surface area (Å²) >= 11 is 1.91. The Labute approximate surface area is 103 Å². The third kappa shape index (κ3) is 4.06. The Morgan fingerprint density at radius 2 is 2.00 bits per heavy atom. The first-order chi connectivity index (χ1) is 7.46. The van der Waals surface area contributed by atoms with Gasteiger partial charge in [0.05, 0.1) is 7.11 Å². The fourth-order valence-electron chi connectivity index (χ4n) is 1.37. The number of rotatable bonds is 4. The summed E-state index contributed by atoms with van der Waals surface area (Å²) in [5.74, 6) is 1.91. The molecule has 0 radical (unpaired) electrons. The molecule has 16 heavy (non-hydrogen) atoms. The first kappa shape index (κ1) is 13.4. The largest absolute Gasteiger partial charge is 0.496 e. The molecule has 1 rings (SSSR count). The van der Waals surface area contributed by atoms with Crippen LogP contribution in [0.2, 0.25) is 0 Å². The Bertz CT molecular complexity index is 344. The Kier molecular flexibility index (Phi) is 4.69. The van der Waals surface area contributed by atoms with Crippen LogP contribution in [0.5, 0.6) is 5.75 Å². The molecule has 0 spiro atoms. The van der Waals surface area contributed by atoms with E-state index in [-0.39, 0.29) is 4.75 Å². The first-order valence-electron chi connectivity index (χ1n) is 5.46. The van der Waals surface area contributed by atoms with E-state index in [2.05, 4.69) is 26.8 Å². The van der Waals surface area contributed by atoms with Gasteiger partial charge in [-0.25, -0.2) is 0 Å². The Morgan fingerprint density at radius 3 is 2.50 bits per heavy atom. The summed E-state index contributed by atoms with van der Waals surface area (Å²) < 4.78 is 5.62. The van der Waals surface area contributed by atoms with Crippen LogP contribution >= 0.6 is 11.8 Å². The van der Waals surface area contributed by atoms with E-state index in [0.717, 1.165) is 17.1 Å². The van der Waals surface area contributed by atoms with E-state index < -0.39 is 0 Å². The van der Waals surface area contributed by atoms with Crippen LogP contribution in [0.4, 0.5) is 0 Å². The summed E-state index contributed by atoms with van der Waals surface area (Å²) in [5.41, 5.74) is 8.03. The molecular weight excluding hydrogens is 218 g/mol. The molecule has 0 bridgehead atoms. The summed E-state index contributed by atoms with van der Waals surface area (Å²) in [6.07, 6.45) is 0. The van der Waals surface area contributed by atoms with E-state index in [4.69, 9.17) is 10.5 Å². The van der Waals surface area contributed by atoms with E-state index in [1.54, 1.807) is 7.11 Å². The first-order valence-corrected chi connectivity index (χ1v) is 6.44. The molecule has 0 aliphatic rings. The van der Waals surface area contributed by atoms with Crippen LogP contribution < -0.4 is 10.5 Å². The molecule has 3 heteroatoms. The van der Waals surface area contributed by atoms with Gasteiger partial charge in [0.2, 0.25) is 0 Å². The van der Waals surface area contributed by atoms with Gasteiger partial charge < -0.3 is 10.5 Å². The molecule has 0 unspecified atom stereocenters. The van der Waals surface area contributed by atoms with Crippen molar-refractivity contribution in [2.75, 3.05) is 7.11 Å². The summed E-state index contributed by atoms with van der Waals surface area (Å²) in [4.78, 5) is 0. The maximum atomic E-state index is 5.64. The summed E-state index contributed by atoms with van der Waals surface area (Å²) in [6.45, 7) is 7.24. The maximum Gasteiger partial charge on any atom is 0.122 e. The van der Waals surface area contributed by atoms with Crippen molar-refractivity contribution in [2.24, 2.45) is 5.73 Å². The van der Waals surface area contributed by atoms with Gasteiger partial charge in [-0.2, -0.15) is 11.8 Å². The van der Waals surface area contributed by atoms with Crippen molar-refractivity contribution in [2.45, 2.75) is 37.8 Å². The number of hydrogen-bond acceptors (Lipinski definition) is 3. The second kappa shape index (κ2) is 5.60. The van der Waals surface area contributed by atoms with E-state index in [9.17, 15) is 0 Å². The van der Waals surface area contributed by atoms with Crippen molar-refractivity contribution < 1.29 is 4.74 Å². The highest BCUT2D eigenvalue weighted by molar-refractivity contribution is 7.99. The van der Waals surface area contributed by atoms with Gasteiger partial charge in [-0.15, -0.1) is 0 Å². The van der Waals surface area contributed by atoms with Crippen LogP contribution in [-0.2, 0) is 12.3 Å². The molecule has 90 valence electrons. The minimum Gasteiger partial charge on any atom is -0.496 e. The van der Waals surface area contributed by atoms with Gasteiger partial charge in [-0.3, -0.25) is 0 Å². The molecule has 0 aromatic heterocycles. The molecule has 0 aliphatic heterocycles. The number of methoxy groups -OCH3 is 1. The average Bonchev–Trinajstić information content (AvgIpc) is 2.25. The van der Waals surface area contributed by atoms with Crippen LogP contribution in [0.1, 0.15) is 31.9 Å². The molecule has 0 saturated carbocycles. The van der Waals surface area contributed by atoms with Gasteiger partial charge in [-0.1, -0.05) is 26.8 Å². The minimum absolute atomic E-state index is 0.268. The van der Waals surface area contributed by atoms with Gasteiger partial charge in [0.1, 0.15) is 5.75 Å². The highest BCUT2D eigenvalue weighted by atomic mass is 32.2. The van der Waals surface area contributed by atoms with Crippen LogP contribution in [0.3, 0.4) is 0 Å². The lowest BCUT2D eigenvalue weighted by Gasteiger charge is -2.18. The molecule has 0 fully saturated rings. The van der Waals surface area contributed by atoms with Crippen LogP contribution in [0.25, 0.3) is 0 Å². The van der Waals surface area contributed by atoms with Crippen molar-refractivity contribution in [3.8, 4) is 5.75 Å². The molecule has 0 amide bonds. The zero-order valence-electron chi connectivity index (χ0n) is 10.5. The van der Waals surface area contributed by atoms with Crippen molar-refractivity contribution in [1.82, 2.24) is 0 Å². The normalized spacial score (nSPS) is 11.6. The molecular formula is C13H21NOS. The summed E-state index contributed by atoms with van der Waals surface area (Å²) in [6, 6.07) is 6.16. The monoisotopic (exact) mass is 239 g/mol. The highest BCUT2D eigenvalue weighted by Crippen LogP contribution is 2.31. The third-order valence-corrected chi connectivity index (χ3v) is 3.56. The smallest absolute Gasteiger partial charge is 0.122 e. The molecule has 0 heterocycles. The Hall–Kier alpha value is -0.670. The molecule has 0 saturated heterocycles. The van der Waals surface area contributed by atoms with E-state index >= 15 is 0 Å². The SMILES string of the molecule is COc1ccc(CN)cc1CSC(C)(C)C. The van der Waals surface area contributed by atoms with Crippen molar-refractivity contribution in [3.63, 3.8) is 0 Å². The number of nitrogens with two attached hydrogens (primary N) is 1. The van der Waals surface area contributed by atoms with E-state index in [0.29, 0.717) is 6.54 Å². The van der Waals surface area contributed by atoms with Gasteiger partial charge in [-0.05, 0) is 17.7 Å². The predicted molar refractivity (Wildman–Crippen MR) is 71.9 cm³/mol. The summed E-state index contributed by atoms with van der Waals surface area (Å²) in [5, 5.41) is 0. The minimum atomic E-state index is 0.268. The van der Waals surface area contributed by atoms with Gasteiger partial charge in [0.15, 0.2) is 0 Å². The molecule has 1 aromatic carbocycles. The Balaban J connectivity index is 2.83. The number of benzene rings is 1.